The number of hydrogen-bond acceptors (Lipinski definition) is 3. The Morgan fingerprint density at radius 1 is 1.24 bits per heavy atom. The van der Waals surface area contributed by atoms with Gasteiger partial charge in [0.15, 0.2) is 0 Å². The first kappa shape index (κ1) is 15.6. The Hall–Kier alpha value is -1.81. The average molecular weight is 287 g/mol. The summed E-state index contributed by atoms with van der Waals surface area (Å²) < 4.78 is 0. The molecule has 0 saturated carbocycles. The van der Waals surface area contributed by atoms with E-state index in [2.05, 4.69) is 28.9 Å². The molecule has 0 bridgehead atoms. The molecule has 2 rings (SSSR count). The number of nitrogens with two attached hydrogens (primary N) is 1. The first-order valence-electron chi connectivity index (χ1n) is 7.73. The summed E-state index contributed by atoms with van der Waals surface area (Å²) in [6.07, 6.45) is 7.31. The van der Waals surface area contributed by atoms with Gasteiger partial charge < -0.3 is 16.0 Å². The van der Waals surface area contributed by atoms with Crippen molar-refractivity contribution >= 4 is 17.3 Å². The van der Waals surface area contributed by atoms with E-state index in [0.717, 1.165) is 18.8 Å². The van der Waals surface area contributed by atoms with Crippen LogP contribution in [0, 0.1) is 0 Å². The number of carbonyl (C=O) groups excluding carboxylic acids is 1. The Kier molecular flexibility index (Phi) is 5.81. The smallest absolute Gasteiger partial charge is 0.241 e. The highest BCUT2D eigenvalue weighted by Crippen LogP contribution is 2.21. The standard InChI is InChI=1S/C17H25N3O/c1-2-7-16(18)17(21)19-14-8-10-15(11-9-14)20-12-5-3-4-6-13-20/h2,8-11,16H,1,3-7,12-13,18H2,(H,19,21). The van der Waals surface area contributed by atoms with Crippen LogP contribution in [-0.4, -0.2) is 25.0 Å². The van der Waals surface area contributed by atoms with E-state index in [4.69, 9.17) is 5.73 Å². The Balaban J connectivity index is 1.95. The average Bonchev–Trinajstić information content (AvgIpc) is 2.77. The lowest BCUT2D eigenvalue weighted by Gasteiger charge is -2.23. The van der Waals surface area contributed by atoms with Crippen LogP contribution >= 0.6 is 0 Å². The Morgan fingerprint density at radius 2 is 1.86 bits per heavy atom. The quantitative estimate of drug-likeness (QED) is 0.819. The number of hydrogen-bond donors (Lipinski definition) is 2. The second kappa shape index (κ2) is 7.84. The van der Waals surface area contributed by atoms with Gasteiger partial charge in [-0.05, 0) is 43.5 Å². The fourth-order valence-electron chi connectivity index (χ4n) is 2.61. The van der Waals surface area contributed by atoms with Gasteiger partial charge in [0, 0.05) is 24.5 Å². The molecular formula is C17H25N3O. The van der Waals surface area contributed by atoms with Crippen LogP contribution in [0.3, 0.4) is 0 Å². The molecule has 4 nitrogen and oxygen atoms in total. The number of carbonyl (C=O) groups is 1. The Morgan fingerprint density at radius 3 is 2.43 bits per heavy atom. The van der Waals surface area contributed by atoms with Gasteiger partial charge in [-0.3, -0.25) is 4.79 Å². The zero-order valence-electron chi connectivity index (χ0n) is 12.6. The fourth-order valence-corrected chi connectivity index (χ4v) is 2.61. The summed E-state index contributed by atoms with van der Waals surface area (Å²) in [5.41, 5.74) is 7.77. The van der Waals surface area contributed by atoms with E-state index in [1.165, 1.54) is 31.4 Å². The summed E-state index contributed by atoms with van der Waals surface area (Å²) in [6.45, 7) is 5.84. The van der Waals surface area contributed by atoms with Gasteiger partial charge in [0.1, 0.15) is 0 Å². The molecule has 0 radical (unpaired) electrons. The van der Waals surface area contributed by atoms with Crippen molar-refractivity contribution < 1.29 is 4.79 Å². The number of amides is 1. The van der Waals surface area contributed by atoms with E-state index in [-0.39, 0.29) is 5.91 Å². The highest BCUT2D eigenvalue weighted by Gasteiger charge is 2.13. The summed E-state index contributed by atoms with van der Waals surface area (Å²) in [5, 5.41) is 2.84. The molecule has 0 aromatic heterocycles. The largest absolute Gasteiger partial charge is 0.372 e. The molecule has 1 aliphatic rings. The maximum atomic E-state index is 11.8. The third-order valence-electron chi connectivity index (χ3n) is 3.86. The summed E-state index contributed by atoms with van der Waals surface area (Å²) in [4.78, 5) is 14.3. The van der Waals surface area contributed by atoms with Crippen molar-refractivity contribution in [3.05, 3.63) is 36.9 Å². The molecule has 1 aliphatic heterocycles. The third-order valence-corrected chi connectivity index (χ3v) is 3.86. The molecule has 1 aromatic rings. The molecule has 114 valence electrons. The van der Waals surface area contributed by atoms with Crippen LogP contribution in [0.25, 0.3) is 0 Å². The molecule has 1 fully saturated rings. The van der Waals surface area contributed by atoms with Crippen molar-refractivity contribution in [3.8, 4) is 0 Å². The second-order valence-corrected chi connectivity index (χ2v) is 5.57. The molecule has 1 amide bonds. The molecule has 21 heavy (non-hydrogen) atoms. The first-order chi connectivity index (χ1) is 10.2. The summed E-state index contributed by atoms with van der Waals surface area (Å²) in [6, 6.07) is 7.49. The van der Waals surface area contributed by atoms with E-state index in [1.54, 1.807) is 6.08 Å². The molecule has 1 aromatic carbocycles. The van der Waals surface area contributed by atoms with Gasteiger partial charge in [-0.15, -0.1) is 6.58 Å². The van der Waals surface area contributed by atoms with Crippen LogP contribution in [0.4, 0.5) is 11.4 Å². The molecule has 0 spiro atoms. The Bertz CT molecular complexity index is 461. The lowest BCUT2D eigenvalue weighted by atomic mass is 10.2. The normalized spacial score (nSPS) is 16.9. The number of benzene rings is 1. The van der Waals surface area contributed by atoms with Crippen molar-refractivity contribution in [2.45, 2.75) is 38.1 Å². The van der Waals surface area contributed by atoms with Crippen molar-refractivity contribution in [2.75, 3.05) is 23.3 Å². The van der Waals surface area contributed by atoms with Crippen LogP contribution < -0.4 is 16.0 Å². The maximum absolute atomic E-state index is 11.8. The Labute approximate surface area is 127 Å². The minimum Gasteiger partial charge on any atom is -0.372 e. The van der Waals surface area contributed by atoms with Crippen molar-refractivity contribution in [1.29, 1.82) is 0 Å². The minimum atomic E-state index is -0.534. The molecule has 3 N–H and O–H groups in total. The SMILES string of the molecule is C=CCC(N)C(=O)Nc1ccc(N2CCCCCC2)cc1. The number of anilines is 2. The zero-order chi connectivity index (χ0) is 15.1. The van der Waals surface area contributed by atoms with Crippen LogP contribution in [0.1, 0.15) is 32.1 Å². The van der Waals surface area contributed by atoms with Gasteiger partial charge in [-0.2, -0.15) is 0 Å². The summed E-state index contributed by atoms with van der Waals surface area (Å²) in [7, 11) is 0. The van der Waals surface area contributed by atoms with Gasteiger partial charge in [-0.25, -0.2) is 0 Å². The molecule has 4 heteroatoms. The minimum absolute atomic E-state index is 0.169. The molecule has 1 atom stereocenters. The summed E-state index contributed by atoms with van der Waals surface area (Å²) >= 11 is 0. The van der Waals surface area contributed by atoms with E-state index < -0.39 is 6.04 Å². The lowest BCUT2D eigenvalue weighted by molar-refractivity contribution is -0.117. The van der Waals surface area contributed by atoms with E-state index in [1.807, 2.05) is 12.1 Å². The molecule has 1 saturated heterocycles. The highest BCUT2D eigenvalue weighted by molar-refractivity contribution is 5.94. The molecular weight excluding hydrogens is 262 g/mol. The number of nitrogens with one attached hydrogen (secondary N) is 1. The molecule has 1 unspecified atom stereocenters. The van der Waals surface area contributed by atoms with Crippen LogP contribution in [-0.2, 0) is 4.79 Å². The fraction of sp³-hybridized carbons (Fsp3) is 0.471. The zero-order valence-corrected chi connectivity index (χ0v) is 12.6. The van der Waals surface area contributed by atoms with Crippen molar-refractivity contribution in [2.24, 2.45) is 5.73 Å². The van der Waals surface area contributed by atoms with Crippen molar-refractivity contribution in [1.82, 2.24) is 0 Å². The maximum Gasteiger partial charge on any atom is 0.241 e. The van der Waals surface area contributed by atoms with Gasteiger partial charge in [-0.1, -0.05) is 18.9 Å². The molecule has 0 aliphatic carbocycles. The topological polar surface area (TPSA) is 58.4 Å². The van der Waals surface area contributed by atoms with E-state index >= 15 is 0 Å². The number of nitrogens with zero attached hydrogens (tertiary/aromatic N) is 1. The first-order valence-corrected chi connectivity index (χ1v) is 7.73. The predicted molar refractivity (Wildman–Crippen MR) is 88.5 cm³/mol. The van der Waals surface area contributed by atoms with Crippen LogP contribution in [0.15, 0.2) is 36.9 Å². The second-order valence-electron chi connectivity index (χ2n) is 5.57. The van der Waals surface area contributed by atoms with Crippen LogP contribution in [0.2, 0.25) is 0 Å². The predicted octanol–water partition coefficient (Wildman–Crippen LogP) is 2.91. The van der Waals surface area contributed by atoms with E-state index in [9.17, 15) is 4.79 Å². The third kappa shape index (κ3) is 4.60. The summed E-state index contributed by atoms with van der Waals surface area (Å²) in [5.74, 6) is -0.169. The van der Waals surface area contributed by atoms with Gasteiger partial charge in [0.05, 0.1) is 6.04 Å². The monoisotopic (exact) mass is 287 g/mol. The lowest BCUT2D eigenvalue weighted by Crippen LogP contribution is -2.35. The number of rotatable bonds is 5. The molecule has 1 heterocycles. The highest BCUT2D eigenvalue weighted by atomic mass is 16.2. The van der Waals surface area contributed by atoms with Crippen molar-refractivity contribution in [3.63, 3.8) is 0 Å². The van der Waals surface area contributed by atoms with Gasteiger partial charge in [0.2, 0.25) is 5.91 Å². The van der Waals surface area contributed by atoms with E-state index in [0.29, 0.717) is 6.42 Å². The van der Waals surface area contributed by atoms with Gasteiger partial charge >= 0.3 is 0 Å². The van der Waals surface area contributed by atoms with Crippen LogP contribution in [0.5, 0.6) is 0 Å². The van der Waals surface area contributed by atoms with Gasteiger partial charge in [0.25, 0.3) is 0 Å².